The number of benzene rings is 2. The van der Waals surface area contributed by atoms with Gasteiger partial charge in [0.05, 0.1) is 17.7 Å². The molecule has 2 rings (SSSR count). The molecule has 0 aliphatic carbocycles. The Kier molecular flexibility index (Phi) is 6.34. The number of rotatable bonds is 5. The molecule has 9 heteroatoms. The highest BCUT2D eigenvalue weighted by Crippen LogP contribution is 2.21. The SMILES string of the molecule is COc1ccccc1C=CC(=O)NC(=S)Nc1cc([N+](=O)[O-])ccc1F. The van der Waals surface area contributed by atoms with E-state index < -0.39 is 16.6 Å². The molecule has 0 spiro atoms. The number of amides is 1. The molecule has 0 radical (unpaired) electrons. The van der Waals surface area contributed by atoms with E-state index in [1.165, 1.54) is 19.3 Å². The molecule has 2 aromatic rings. The van der Waals surface area contributed by atoms with E-state index in [1.807, 2.05) is 0 Å². The predicted molar refractivity (Wildman–Crippen MR) is 99.4 cm³/mol. The first kappa shape index (κ1) is 19.0. The number of carbonyl (C=O) groups is 1. The summed E-state index contributed by atoms with van der Waals surface area (Å²) in [5.41, 5.74) is 0.172. The lowest BCUT2D eigenvalue weighted by atomic mass is 10.2. The van der Waals surface area contributed by atoms with Crippen molar-refractivity contribution in [2.45, 2.75) is 0 Å². The topological polar surface area (TPSA) is 93.5 Å². The summed E-state index contributed by atoms with van der Waals surface area (Å²) in [7, 11) is 1.51. The Labute approximate surface area is 153 Å². The van der Waals surface area contributed by atoms with E-state index in [0.29, 0.717) is 11.3 Å². The molecule has 0 saturated heterocycles. The summed E-state index contributed by atoms with van der Waals surface area (Å²) < 4.78 is 18.9. The number of hydrogen-bond donors (Lipinski definition) is 2. The lowest BCUT2D eigenvalue weighted by Crippen LogP contribution is -2.33. The first-order valence-corrected chi connectivity index (χ1v) is 7.68. The number of carbonyl (C=O) groups excluding carboxylic acids is 1. The van der Waals surface area contributed by atoms with Gasteiger partial charge in [-0.1, -0.05) is 18.2 Å². The van der Waals surface area contributed by atoms with E-state index in [9.17, 15) is 19.3 Å². The average molecular weight is 375 g/mol. The molecule has 7 nitrogen and oxygen atoms in total. The van der Waals surface area contributed by atoms with E-state index >= 15 is 0 Å². The van der Waals surface area contributed by atoms with Crippen LogP contribution in [0.1, 0.15) is 5.56 Å². The van der Waals surface area contributed by atoms with Gasteiger partial charge >= 0.3 is 0 Å². The van der Waals surface area contributed by atoms with Gasteiger partial charge < -0.3 is 10.1 Å². The fourth-order valence-electron chi connectivity index (χ4n) is 2.00. The number of para-hydroxylation sites is 1. The van der Waals surface area contributed by atoms with Gasteiger partial charge in [0.1, 0.15) is 11.6 Å². The summed E-state index contributed by atoms with van der Waals surface area (Å²) >= 11 is 4.92. The van der Waals surface area contributed by atoms with Crippen LogP contribution in [0.25, 0.3) is 6.08 Å². The minimum Gasteiger partial charge on any atom is -0.496 e. The number of nitro benzene ring substituents is 1. The maximum absolute atomic E-state index is 13.7. The third kappa shape index (κ3) is 5.08. The van der Waals surface area contributed by atoms with Crippen molar-refractivity contribution in [2.24, 2.45) is 0 Å². The number of anilines is 1. The van der Waals surface area contributed by atoms with Gasteiger partial charge in [0.2, 0.25) is 5.91 Å². The van der Waals surface area contributed by atoms with Gasteiger partial charge in [0.25, 0.3) is 5.69 Å². The quantitative estimate of drug-likeness (QED) is 0.361. The van der Waals surface area contributed by atoms with Crippen molar-refractivity contribution in [3.8, 4) is 5.75 Å². The van der Waals surface area contributed by atoms with Crippen LogP contribution in [0.4, 0.5) is 15.8 Å². The number of methoxy groups -OCH3 is 1. The van der Waals surface area contributed by atoms with E-state index in [4.69, 9.17) is 17.0 Å². The lowest BCUT2D eigenvalue weighted by Gasteiger charge is -2.09. The highest BCUT2D eigenvalue weighted by atomic mass is 32.1. The Morgan fingerprint density at radius 3 is 2.73 bits per heavy atom. The molecule has 0 fully saturated rings. The Morgan fingerprint density at radius 1 is 1.31 bits per heavy atom. The third-order valence-electron chi connectivity index (χ3n) is 3.20. The van der Waals surface area contributed by atoms with Crippen LogP contribution >= 0.6 is 12.2 Å². The van der Waals surface area contributed by atoms with Crippen LogP contribution in [0.2, 0.25) is 0 Å². The number of nitrogens with one attached hydrogen (secondary N) is 2. The van der Waals surface area contributed by atoms with Crippen LogP contribution in [0.3, 0.4) is 0 Å². The zero-order valence-corrected chi connectivity index (χ0v) is 14.4. The fourth-order valence-corrected chi connectivity index (χ4v) is 2.21. The molecule has 0 unspecified atom stereocenters. The first-order chi connectivity index (χ1) is 12.4. The van der Waals surface area contributed by atoms with Crippen LogP contribution in [0.15, 0.2) is 48.5 Å². The van der Waals surface area contributed by atoms with Crippen molar-refractivity contribution in [3.05, 3.63) is 70.0 Å². The molecule has 0 saturated carbocycles. The minimum absolute atomic E-state index is 0.195. The standard InChI is InChI=1S/C17H14FN3O4S/c1-25-15-5-3-2-4-11(15)6-9-16(22)20-17(26)19-14-10-12(21(23)24)7-8-13(14)18/h2-10H,1H3,(H2,19,20,22,26). The molecule has 0 heterocycles. The number of nitrogens with zero attached hydrogens (tertiary/aromatic N) is 1. The van der Waals surface area contributed by atoms with Crippen LogP contribution in [-0.2, 0) is 4.79 Å². The molecule has 2 aromatic carbocycles. The number of non-ortho nitro benzene ring substituents is 1. The van der Waals surface area contributed by atoms with E-state index in [0.717, 1.165) is 18.2 Å². The highest BCUT2D eigenvalue weighted by molar-refractivity contribution is 7.80. The molecule has 0 aliphatic rings. The number of ether oxygens (including phenoxy) is 1. The molecule has 134 valence electrons. The Bertz CT molecular complexity index is 886. The summed E-state index contributed by atoms with van der Waals surface area (Å²) in [4.78, 5) is 22.0. The van der Waals surface area contributed by atoms with Crippen molar-refractivity contribution >= 4 is 40.7 Å². The van der Waals surface area contributed by atoms with Crippen molar-refractivity contribution in [1.82, 2.24) is 5.32 Å². The molecule has 0 aromatic heterocycles. The second-order valence-corrected chi connectivity index (χ2v) is 5.35. The number of thiocarbonyl (C=S) groups is 1. The second-order valence-electron chi connectivity index (χ2n) is 4.94. The minimum atomic E-state index is -0.739. The van der Waals surface area contributed by atoms with Crippen LogP contribution in [0.5, 0.6) is 5.75 Å². The Hall–Kier alpha value is -3.33. The highest BCUT2D eigenvalue weighted by Gasteiger charge is 2.12. The van der Waals surface area contributed by atoms with Gasteiger partial charge in [-0.25, -0.2) is 4.39 Å². The monoisotopic (exact) mass is 375 g/mol. The maximum Gasteiger partial charge on any atom is 0.271 e. The van der Waals surface area contributed by atoms with Crippen LogP contribution in [-0.4, -0.2) is 23.1 Å². The molecule has 0 bridgehead atoms. The molecular weight excluding hydrogens is 361 g/mol. The van der Waals surface area contributed by atoms with Crippen LogP contribution < -0.4 is 15.4 Å². The summed E-state index contributed by atoms with van der Waals surface area (Å²) in [6.07, 6.45) is 2.76. The van der Waals surface area contributed by atoms with Gasteiger partial charge in [-0.2, -0.15) is 0 Å². The summed E-state index contributed by atoms with van der Waals surface area (Å²) in [6, 6.07) is 10.0. The number of nitro groups is 1. The van der Waals surface area contributed by atoms with Gasteiger partial charge in [-0.3, -0.25) is 20.2 Å². The second kappa shape index (κ2) is 8.67. The zero-order valence-electron chi connectivity index (χ0n) is 13.6. The fraction of sp³-hybridized carbons (Fsp3) is 0.0588. The predicted octanol–water partition coefficient (Wildman–Crippen LogP) is 3.27. The molecule has 2 N–H and O–H groups in total. The van der Waals surface area contributed by atoms with Gasteiger partial charge in [-0.15, -0.1) is 0 Å². The van der Waals surface area contributed by atoms with Crippen LogP contribution in [0, 0.1) is 15.9 Å². The Balaban J connectivity index is 2.01. The van der Waals surface area contributed by atoms with Crippen molar-refractivity contribution in [2.75, 3.05) is 12.4 Å². The Morgan fingerprint density at radius 2 is 2.04 bits per heavy atom. The maximum atomic E-state index is 13.7. The van der Waals surface area contributed by atoms with E-state index in [2.05, 4.69) is 10.6 Å². The summed E-state index contributed by atoms with van der Waals surface area (Å²) in [6.45, 7) is 0. The average Bonchev–Trinajstić information content (AvgIpc) is 2.61. The third-order valence-corrected chi connectivity index (χ3v) is 3.40. The molecule has 0 aliphatic heterocycles. The lowest BCUT2D eigenvalue weighted by molar-refractivity contribution is -0.384. The largest absolute Gasteiger partial charge is 0.496 e. The van der Waals surface area contributed by atoms with Crippen molar-refractivity contribution < 1.29 is 18.8 Å². The van der Waals surface area contributed by atoms with Crippen molar-refractivity contribution in [3.63, 3.8) is 0 Å². The molecule has 26 heavy (non-hydrogen) atoms. The summed E-state index contributed by atoms with van der Waals surface area (Å²) in [5, 5.41) is 15.3. The molecule has 0 atom stereocenters. The van der Waals surface area contributed by atoms with Crippen molar-refractivity contribution in [1.29, 1.82) is 0 Å². The number of hydrogen-bond acceptors (Lipinski definition) is 5. The molecule has 1 amide bonds. The normalized spacial score (nSPS) is 10.4. The van der Waals surface area contributed by atoms with E-state index in [-0.39, 0.29) is 16.5 Å². The van der Waals surface area contributed by atoms with Gasteiger partial charge in [-0.05, 0) is 30.4 Å². The van der Waals surface area contributed by atoms with Gasteiger partial charge in [0, 0.05) is 23.8 Å². The first-order valence-electron chi connectivity index (χ1n) is 7.27. The van der Waals surface area contributed by atoms with Gasteiger partial charge in [0.15, 0.2) is 5.11 Å². The van der Waals surface area contributed by atoms with E-state index in [1.54, 1.807) is 24.3 Å². The smallest absolute Gasteiger partial charge is 0.271 e. The zero-order chi connectivity index (χ0) is 19.1. The summed E-state index contributed by atoms with van der Waals surface area (Å²) in [5.74, 6) is -0.702. The number of halogens is 1. The molecular formula is C17H14FN3O4S.